The van der Waals surface area contributed by atoms with Crippen LogP contribution in [-0.4, -0.2) is 9.97 Å². The second-order valence-corrected chi connectivity index (χ2v) is 4.14. The van der Waals surface area contributed by atoms with E-state index in [1.807, 2.05) is 13.1 Å². The first-order valence-corrected chi connectivity index (χ1v) is 5.37. The van der Waals surface area contributed by atoms with Gasteiger partial charge in [-0.3, -0.25) is 0 Å². The SMILES string of the molecule is Cc1ccc2ccc3nc(C)ncc3c2c1. The molecule has 2 aromatic carbocycles. The zero-order valence-corrected chi connectivity index (χ0v) is 9.36. The summed E-state index contributed by atoms with van der Waals surface area (Å²) in [6.45, 7) is 4.02. The fourth-order valence-corrected chi connectivity index (χ4v) is 2.04. The quantitative estimate of drug-likeness (QED) is 0.529. The van der Waals surface area contributed by atoms with Gasteiger partial charge in [0.05, 0.1) is 5.52 Å². The van der Waals surface area contributed by atoms with Gasteiger partial charge in [0.2, 0.25) is 0 Å². The van der Waals surface area contributed by atoms with E-state index in [4.69, 9.17) is 0 Å². The van der Waals surface area contributed by atoms with Crippen LogP contribution in [0.1, 0.15) is 11.4 Å². The Hall–Kier alpha value is -1.96. The van der Waals surface area contributed by atoms with Gasteiger partial charge in [-0.1, -0.05) is 29.8 Å². The molecule has 0 aliphatic carbocycles. The summed E-state index contributed by atoms with van der Waals surface area (Å²) in [6, 6.07) is 10.6. The van der Waals surface area contributed by atoms with Crippen LogP contribution < -0.4 is 0 Å². The molecule has 0 spiro atoms. The molecule has 3 rings (SSSR count). The van der Waals surface area contributed by atoms with E-state index in [2.05, 4.69) is 47.2 Å². The first-order valence-electron chi connectivity index (χ1n) is 5.37. The first kappa shape index (κ1) is 9.28. The molecule has 0 atom stereocenters. The molecule has 2 heteroatoms. The smallest absolute Gasteiger partial charge is 0.125 e. The Labute approximate surface area is 94.0 Å². The van der Waals surface area contributed by atoms with Crippen LogP contribution in [0.4, 0.5) is 0 Å². The molecule has 0 saturated carbocycles. The molecule has 0 N–H and O–H groups in total. The highest BCUT2D eigenvalue weighted by atomic mass is 14.9. The van der Waals surface area contributed by atoms with E-state index in [9.17, 15) is 0 Å². The normalized spacial score (nSPS) is 11.1. The van der Waals surface area contributed by atoms with E-state index in [-0.39, 0.29) is 0 Å². The molecule has 78 valence electrons. The van der Waals surface area contributed by atoms with Gasteiger partial charge in [-0.2, -0.15) is 0 Å². The predicted molar refractivity (Wildman–Crippen MR) is 66.5 cm³/mol. The Morgan fingerprint density at radius 3 is 2.62 bits per heavy atom. The van der Waals surface area contributed by atoms with Crippen molar-refractivity contribution in [1.82, 2.24) is 9.97 Å². The maximum Gasteiger partial charge on any atom is 0.125 e. The molecule has 0 saturated heterocycles. The van der Waals surface area contributed by atoms with Gasteiger partial charge in [0.25, 0.3) is 0 Å². The van der Waals surface area contributed by atoms with Gasteiger partial charge in [0.15, 0.2) is 0 Å². The van der Waals surface area contributed by atoms with Crippen molar-refractivity contribution in [3.05, 3.63) is 47.9 Å². The number of hydrogen-bond donors (Lipinski definition) is 0. The maximum atomic E-state index is 4.44. The lowest BCUT2D eigenvalue weighted by atomic mass is 10.0. The van der Waals surface area contributed by atoms with Crippen molar-refractivity contribution in [1.29, 1.82) is 0 Å². The molecule has 3 aromatic rings. The Bertz CT molecular complexity index is 687. The summed E-state index contributed by atoms with van der Waals surface area (Å²) in [7, 11) is 0. The number of rotatable bonds is 0. The lowest BCUT2D eigenvalue weighted by molar-refractivity contribution is 1.09. The molecule has 0 aliphatic rings. The van der Waals surface area contributed by atoms with Gasteiger partial charge < -0.3 is 0 Å². The lowest BCUT2D eigenvalue weighted by Gasteiger charge is -2.04. The molecule has 0 radical (unpaired) electrons. The van der Waals surface area contributed by atoms with E-state index >= 15 is 0 Å². The van der Waals surface area contributed by atoms with E-state index in [0.29, 0.717) is 0 Å². The molecule has 0 bridgehead atoms. The fourth-order valence-electron chi connectivity index (χ4n) is 2.04. The molecule has 0 unspecified atom stereocenters. The number of benzene rings is 2. The van der Waals surface area contributed by atoms with E-state index in [1.54, 1.807) is 0 Å². The topological polar surface area (TPSA) is 25.8 Å². The van der Waals surface area contributed by atoms with Gasteiger partial charge in [0, 0.05) is 11.6 Å². The Kier molecular flexibility index (Phi) is 1.90. The van der Waals surface area contributed by atoms with Crippen LogP contribution >= 0.6 is 0 Å². The van der Waals surface area contributed by atoms with Crippen molar-refractivity contribution in [3.63, 3.8) is 0 Å². The highest BCUT2D eigenvalue weighted by Gasteiger charge is 2.02. The number of nitrogens with zero attached hydrogens (tertiary/aromatic N) is 2. The van der Waals surface area contributed by atoms with Crippen LogP contribution in [0.15, 0.2) is 36.5 Å². The molecule has 0 amide bonds. The second kappa shape index (κ2) is 3.27. The largest absolute Gasteiger partial charge is 0.241 e. The minimum atomic E-state index is 0.819. The fraction of sp³-hybridized carbons (Fsp3) is 0.143. The molecule has 1 aromatic heterocycles. The van der Waals surface area contributed by atoms with Gasteiger partial charge in [-0.25, -0.2) is 9.97 Å². The average molecular weight is 208 g/mol. The van der Waals surface area contributed by atoms with Gasteiger partial charge >= 0.3 is 0 Å². The van der Waals surface area contributed by atoms with Crippen LogP contribution in [0.3, 0.4) is 0 Å². The predicted octanol–water partition coefficient (Wildman–Crippen LogP) is 3.40. The minimum Gasteiger partial charge on any atom is -0.241 e. The highest BCUT2D eigenvalue weighted by Crippen LogP contribution is 2.24. The Morgan fingerprint density at radius 2 is 1.75 bits per heavy atom. The minimum absolute atomic E-state index is 0.819. The maximum absolute atomic E-state index is 4.44. The highest BCUT2D eigenvalue weighted by molar-refractivity contribution is 6.05. The van der Waals surface area contributed by atoms with Crippen LogP contribution in [0, 0.1) is 13.8 Å². The third kappa shape index (κ3) is 1.34. The molecule has 0 aliphatic heterocycles. The van der Waals surface area contributed by atoms with E-state index < -0.39 is 0 Å². The summed E-state index contributed by atoms with van der Waals surface area (Å²) in [5, 5.41) is 3.61. The summed E-state index contributed by atoms with van der Waals surface area (Å²) >= 11 is 0. The number of fused-ring (bicyclic) bond motifs is 3. The number of aromatic nitrogens is 2. The third-order valence-electron chi connectivity index (χ3n) is 2.86. The monoisotopic (exact) mass is 208 g/mol. The molecule has 16 heavy (non-hydrogen) atoms. The van der Waals surface area contributed by atoms with Crippen molar-refractivity contribution in [2.24, 2.45) is 0 Å². The standard InChI is InChI=1S/C14H12N2/c1-9-3-4-11-5-6-14-13(12(11)7-9)8-15-10(2)16-14/h3-8H,1-2H3. The first-order chi connectivity index (χ1) is 7.74. The van der Waals surface area contributed by atoms with Crippen molar-refractivity contribution >= 4 is 21.7 Å². The molecular formula is C14H12N2. The summed E-state index contributed by atoms with van der Waals surface area (Å²) in [5.74, 6) is 0.819. The van der Waals surface area contributed by atoms with Gasteiger partial charge in [-0.15, -0.1) is 0 Å². The molecule has 0 fully saturated rings. The zero-order chi connectivity index (χ0) is 11.1. The van der Waals surface area contributed by atoms with Crippen molar-refractivity contribution in [3.8, 4) is 0 Å². The third-order valence-corrected chi connectivity index (χ3v) is 2.86. The number of hydrogen-bond acceptors (Lipinski definition) is 2. The molecular weight excluding hydrogens is 196 g/mol. The van der Waals surface area contributed by atoms with E-state index in [1.165, 1.54) is 16.3 Å². The van der Waals surface area contributed by atoms with E-state index in [0.717, 1.165) is 16.7 Å². The van der Waals surface area contributed by atoms with Gasteiger partial charge in [0.1, 0.15) is 5.82 Å². The van der Waals surface area contributed by atoms with Crippen LogP contribution in [0.5, 0.6) is 0 Å². The van der Waals surface area contributed by atoms with Crippen LogP contribution in [0.2, 0.25) is 0 Å². The summed E-state index contributed by atoms with van der Waals surface area (Å²) in [6.07, 6.45) is 1.92. The number of aryl methyl sites for hydroxylation is 2. The van der Waals surface area contributed by atoms with Crippen LogP contribution in [0.25, 0.3) is 21.7 Å². The average Bonchev–Trinajstić information content (AvgIpc) is 2.28. The summed E-state index contributed by atoms with van der Waals surface area (Å²) in [5.41, 5.74) is 2.28. The van der Waals surface area contributed by atoms with Gasteiger partial charge in [-0.05, 0) is 30.7 Å². The van der Waals surface area contributed by atoms with Crippen molar-refractivity contribution < 1.29 is 0 Å². The lowest BCUT2D eigenvalue weighted by Crippen LogP contribution is -1.88. The van der Waals surface area contributed by atoms with Crippen molar-refractivity contribution in [2.45, 2.75) is 13.8 Å². The molecule has 2 nitrogen and oxygen atoms in total. The zero-order valence-electron chi connectivity index (χ0n) is 9.36. The van der Waals surface area contributed by atoms with Crippen LogP contribution in [-0.2, 0) is 0 Å². The Morgan fingerprint density at radius 1 is 0.938 bits per heavy atom. The second-order valence-electron chi connectivity index (χ2n) is 4.14. The van der Waals surface area contributed by atoms with Crippen molar-refractivity contribution in [2.75, 3.05) is 0 Å². The molecule has 1 heterocycles. The summed E-state index contributed by atoms with van der Waals surface area (Å²) < 4.78 is 0. The summed E-state index contributed by atoms with van der Waals surface area (Å²) in [4.78, 5) is 8.72. The Balaban J connectivity index is 2.52.